The molecule has 2 nitrogen and oxygen atoms in total. The highest BCUT2D eigenvalue weighted by molar-refractivity contribution is 4.55. The van der Waals surface area contributed by atoms with E-state index in [1.165, 1.54) is 13.0 Å². The fourth-order valence-corrected chi connectivity index (χ4v) is 0.907. The van der Waals surface area contributed by atoms with Crippen LogP contribution in [-0.4, -0.2) is 32.1 Å². The van der Waals surface area contributed by atoms with Crippen LogP contribution in [0.1, 0.15) is 19.8 Å². The summed E-state index contributed by atoms with van der Waals surface area (Å²) in [5.41, 5.74) is 5.42. The van der Waals surface area contributed by atoms with Crippen LogP contribution in [0.3, 0.4) is 0 Å². The Labute approximate surface area is 64.4 Å². The molecule has 1 unspecified atom stereocenters. The predicted octanol–water partition coefficient (Wildman–Crippen LogP) is 0.923. The number of hydrogen-bond donors (Lipinski definition) is 1. The summed E-state index contributed by atoms with van der Waals surface area (Å²) in [5, 5.41) is 0. The molecule has 0 bridgehead atoms. The number of hydrogen-bond acceptors (Lipinski definition) is 2. The molecule has 0 fully saturated rings. The van der Waals surface area contributed by atoms with E-state index in [-0.39, 0.29) is 0 Å². The monoisotopic (exact) mass is 144 g/mol. The molecule has 0 aromatic heterocycles. The lowest BCUT2D eigenvalue weighted by atomic mass is 10.0. The summed E-state index contributed by atoms with van der Waals surface area (Å²) < 4.78 is 0. The molecule has 1 atom stereocenters. The molecule has 0 aromatic carbocycles. The molecule has 10 heavy (non-hydrogen) atoms. The van der Waals surface area contributed by atoms with E-state index in [9.17, 15) is 0 Å². The molecule has 0 spiro atoms. The first-order chi connectivity index (χ1) is 4.66. The average molecular weight is 144 g/mol. The summed E-state index contributed by atoms with van der Waals surface area (Å²) >= 11 is 0. The molecule has 0 aliphatic heterocycles. The Hall–Kier alpha value is -0.0800. The van der Waals surface area contributed by atoms with Crippen molar-refractivity contribution < 1.29 is 0 Å². The van der Waals surface area contributed by atoms with Gasteiger partial charge >= 0.3 is 0 Å². The highest BCUT2D eigenvalue weighted by Gasteiger charge is 2.00. The number of rotatable bonds is 5. The van der Waals surface area contributed by atoms with Gasteiger partial charge in [0.05, 0.1) is 0 Å². The Morgan fingerprint density at radius 3 is 2.30 bits per heavy atom. The zero-order valence-electron chi connectivity index (χ0n) is 7.43. The van der Waals surface area contributed by atoms with Gasteiger partial charge in [-0.25, -0.2) is 0 Å². The first-order valence-corrected chi connectivity index (χ1v) is 4.01. The first-order valence-electron chi connectivity index (χ1n) is 4.01. The van der Waals surface area contributed by atoms with Gasteiger partial charge in [0, 0.05) is 0 Å². The van der Waals surface area contributed by atoms with E-state index in [2.05, 4.69) is 25.9 Å². The molecule has 0 aliphatic rings. The molecule has 0 radical (unpaired) electrons. The van der Waals surface area contributed by atoms with Crippen molar-refractivity contribution in [1.82, 2.24) is 4.90 Å². The van der Waals surface area contributed by atoms with E-state index in [0.29, 0.717) is 0 Å². The lowest BCUT2D eigenvalue weighted by molar-refractivity contribution is 0.353. The molecule has 0 aromatic rings. The Balaban J connectivity index is 3.12. The molecule has 62 valence electrons. The Morgan fingerprint density at radius 2 is 1.90 bits per heavy atom. The van der Waals surface area contributed by atoms with Gasteiger partial charge in [-0.2, -0.15) is 0 Å². The van der Waals surface area contributed by atoms with Gasteiger partial charge in [0.25, 0.3) is 0 Å². The molecule has 0 saturated heterocycles. The van der Waals surface area contributed by atoms with Crippen LogP contribution in [0.4, 0.5) is 0 Å². The van der Waals surface area contributed by atoms with Crippen molar-refractivity contribution in [2.75, 3.05) is 27.2 Å². The highest BCUT2D eigenvalue weighted by atomic mass is 15.0. The van der Waals surface area contributed by atoms with Crippen molar-refractivity contribution in [2.45, 2.75) is 19.8 Å². The Bertz CT molecular complexity index is 71.7. The van der Waals surface area contributed by atoms with Crippen molar-refractivity contribution in [1.29, 1.82) is 0 Å². The molecular formula is C8H20N2. The summed E-state index contributed by atoms with van der Waals surface area (Å²) in [6, 6.07) is 0. The Morgan fingerprint density at radius 1 is 1.30 bits per heavy atom. The third-order valence-corrected chi connectivity index (χ3v) is 1.73. The van der Waals surface area contributed by atoms with E-state index >= 15 is 0 Å². The highest BCUT2D eigenvalue weighted by Crippen LogP contribution is 2.05. The normalized spacial score (nSPS) is 14.1. The van der Waals surface area contributed by atoms with Crippen molar-refractivity contribution in [3.63, 3.8) is 0 Å². The third kappa shape index (κ3) is 6.05. The van der Waals surface area contributed by atoms with Crippen LogP contribution in [0.15, 0.2) is 0 Å². The Kier molecular flexibility index (Phi) is 5.64. The molecule has 2 N–H and O–H groups in total. The van der Waals surface area contributed by atoms with Crippen molar-refractivity contribution in [2.24, 2.45) is 11.7 Å². The van der Waals surface area contributed by atoms with E-state index in [0.717, 1.165) is 18.9 Å². The van der Waals surface area contributed by atoms with Gasteiger partial charge in [-0.3, -0.25) is 0 Å². The number of nitrogens with zero attached hydrogens (tertiary/aromatic N) is 1. The van der Waals surface area contributed by atoms with E-state index in [1.807, 2.05) is 0 Å². The van der Waals surface area contributed by atoms with Gasteiger partial charge in [0.15, 0.2) is 0 Å². The van der Waals surface area contributed by atoms with Crippen LogP contribution in [0.25, 0.3) is 0 Å². The molecule has 2 heteroatoms. The third-order valence-electron chi connectivity index (χ3n) is 1.73. The minimum absolute atomic E-state index is 0.785. The quantitative estimate of drug-likeness (QED) is 0.622. The maximum atomic E-state index is 5.42. The first kappa shape index (κ1) is 9.92. The van der Waals surface area contributed by atoms with Crippen LogP contribution >= 0.6 is 0 Å². The molecule has 0 amide bonds. The maximum absolute atomic E-state index is 5.42. The van der Waals surface area contributed by atoms with E-state index < -0.39 is 0 Å². The SMILES string of the molecule is CC(CCN)CCN(C)C. The summed E-state index contributed by atoms with van der Waals surface area (Å²) in [5.74, 6) is 0.785. The lowest BCUT2D eigenvalue weighted by Gasteiger charge is -2.13. The standard InChI is InChI=1S/C8H20N2/c1-8(4-6-9)5-7-10(2)3/h8H,4-7,9H2,1-3H3. The second-order valence-corrected chi connectivity index (χ2v) is 3.27. The average Bonchev–Trinajstić information content (AvgIpc) is 1.85. The molecule has 0 aliphatic carbocycles. The zero-order valence-corrected chi connectivity index (χ0v) is 7.43. The van der Waals surface area contributed by atoms with Crippen LogP contribution < -0.4 is 5.73 Å². The molecular weight excluding hydrogens is 124 g/mol. The van der Waals surface area contributed by atoms with Crippen LogP contribution in [0.5, 0.6) is 0 Å². The summed E-state index contributed by atoms with van der Waals surface area (Å²) in [6.07, 6.45) is 2.43. The number of nitrogens with two attached hydrogens (primary N) is 1. The van der Waals surface area contributed by atoms with E-state index in [4.69, 9.17) is 5.73 Å². The minimum atomic E-state index is 0.785. The lowest BCUT2D eigenvalue weighted by Crippen LogP contribution is -2.16. The van der Waals surface area contributed by atoms with Crippen molar-refractivity contribution in [3.8, 4) is 0 Å². The van der Waals surface area contributed by atoms with Gasteiger partial charge in [0.1, 0.15) is 0 Å². The molecule has 0 heterocycles. The largest absolute Gasteiger partial charge is 0.330 e. The predicted molar refractivity (Wildman–Crippen MR) is 46.0 cm³/mol. The molecule has 0 rings (SSSR count). The van der Waals surface area contributed by atoms with Crippen LogP contribution in [0, 0.1) is 5.92 Å². The summed E-state index contributed by atoms with van der Waals surface area (Å²) in [4.78, 5) is 2.22. The second kappa shape index (κ2) is 5.69. The van der Waals surface area contributed by atoms with Gasteiger partial charge in [-0.05, 0) is 45.9 Å². The maximum Gasteiger partial charge on any atom is -0.00223 e. The topological polar surface area (TPSA) is 29.3 Å². The van der Waals surface area contributed by atoms with Gasteiger partial charge in [-0.1, -0.05) is 6.92 Å². The van der Waals surface area contributed by atoms with Gasteiger partial charge < -0.3 is 10.6 Å². The zero-order chi connectivity index (χ0) is 7.98. The van der Waals surface area contributed by atoms with Crippen molar-refractivity contribution in [3.05, 3.63) is 0 Å². The van der Waals surface area contributed by atoms with Crippen LogP contribution in [0.2, 0.25) is 0 Å². The minimum Gasteiger partial charge on any atom is -0.330 e. The molecule has 0 saturated carbocycles. The summed E-state index contributed by atoms with van der Waals surface area (Å²) in [6.45, 7) is 4.27. The van der Waals surface area contributed by atoms with Crippen LogP contribution in [-0.2, 0) is 0 Å². The smallest absolute Gasteiger partial charge is 0.00223 e. The summed E-state index contributed by atoms with van der Waals surface area (Å²) in [7, 11) is 4.21. The fourth-order valence-electron chi connectivity index (χ4n) is 0.907. The van der Waals surface area contributed by atoms with Gasteiger partial charge in [-0.15, -0.1) is 0 Å². The van der Waals surface area contributed by atoms with E-state index in [1.54, 1.807) is 0 Å². The van der Waals surface area contributed by atoms with Gasteiger partial charge in [0.2, 0.25) is 0 Å². The second-order valence-electron chi connectivity index (χ2n) is 3.27. The fraction of sp³-hybridized carbons (Fsp3) is 1.00. The van der Waals surface area contributed by atoms with Crippen molar-refractivity contribution >= 4 is 0 Å².